The van der Waals surface area contributed by atoms with Crippen LogP contribution < -0.4 is 10.1 Å². The second kappa shape index (κ2) is 7.92. The van der Waals surface area contributed by atoms with Crippen molar-refractivity contribution in [1.29, 1.82) is 0 Å². The van der Waals surface area contributed by atoms with Gasteiger partial charge < -0.3 is 10.1 Å². The highest BCUT2D eigenvalue weighted by atomic mass is 32.1. The van der Waals surface area contributed by atoms with Crippen LogP contribution in [0.3, 0.4) is 0 Å². The Hall–Kier alpha value is -2.66. The summed E-state index contributed by atoms with van der Waals surface area (Å²) in [6, 6.07) is 10.2. The predicted molar refractivity (Wildman–Crippen MR) is 112 cm³/mol. The molecule has 0 fully saturated rings. The van der Waals surface area contributed by atoms with Crippen molar-refractivity contribution in [2.24, 2.45) is 0 Å². The van der Waals surface area contributed by atoms with E-state index >= 15 is 0 Å². The summed E-state index contributed by atoms with van der Waals surface area (Å²) in [4.78, 5) is 17.1. The third kappa shape index (κ3) is 4.37. The number of nitrogens with one attached hydrogen (secondary N) is 1. The maximum atomic E-state index is 12.5. The third-order valence-corrected chi connectivity index (χ3v) is 5.23. The van der Waals surface area contributed by atoms with Gasteiger partial charge >= 0.3 is 0 Å². The van der Waals surface area contributed by atoms with Gasteiger partial charge in [0.2, 0.25) is 5.91 Å². The molecule has 0 bridgehead atoms. The maximum Gasteiger partial charge on any atom is 0.230 e. The summed E-state index contributed by atoms with van der Waals surface area (Å²) < 4.78 is 5.36. The minimum Gasteiger partial charge on any atom is -0.496 e. The Morgan fingerprint density at radius 3 is 2.44 bits per heavy atom. The molecule has 2 aromatic carbocycles. The highest BCUT2D eigenvalue weighted by Crippen LogP contribution is 2.31. The molecule has 3 aromatic rings. The molecule has 0 saturated heterocycles. The standard InChI is InChI=1S/C22H24N2O2S/c1-13-6-7-19(26-5)17(10-13)11-20(25)24-22-23-18(12-27-22)21-15(3)8-14(2)9-16(21)4/h6-10,12H,11H2,1-5H3,(H,23,24,25). The molecule has 1 N–H and O–H groups in total. The SMILES string of the molecule is COc1ccc(C)cc1CC(=O)Nc1nc(-c2c(C)cc(C)cc2C)cs1. The zero-order chi connectivity index (χ0) is 19.6. The van der Waals surface area contributed by atoms with Crippen LogP contribution >= 0.6 is 11.3 Å². The van der Waals surface area contributed by atoms with E-state index in [1.807, 2.05) is 30.5 Å². The summed E-state index contributed by atoms with van der Waals surface area (Å²) in [5.41, 5.74) is 7.64. The number of anilines is 1. The van der Waals surface area contributed by atoms with Gasteiger partial charge in [0, 0.05) is 16.5 Å². The van der Waals surface area contributed by atoms with Gasteiger partial charge in [-0.25, -0.2) is 4.98 Å². The van der Waals surface area contributed by atoms with E-state index in [0.717, 1.165) is 28.1 Å². The molecule has 1 amide bonds. The minimum atomic E-state index is -0.0999. The van der Waals surface area contributed by atoms with E-state index in [1.165, 1.54) is 28.0 Å². The lowest BCUT2D eigenvalue weighted by molar-refractivity contribution is -0.115. The molecule has 1 heterocycles. The van der Waals surface area contributed by atoms with Crippen molar-refractivity contribution in [2.75, 3.05) is 12.4 Å². The van der Waals surface area contributed by atoms with Crippen LogP contribution in [0.5, 0.6) is 5.75 Å². The van der Waals surface area contributed by atoms with Crippen LogP contribution in [-0.2, 0) is 11.2 Å². The first-order valence-corrected chi connectivity index (χ1v) is 9.72. The molecule has 0 saturated carbocycles. The largest absolute Gasteiger partial charge is 0.496 e. The van der Waals surface area contributed by atoms with Crippen LogP contribution in [-0.4, -0.2) is 18.0 Å². The van der Waals surface area contributed by atoms with E-state index in [2.05, 4.69) is 43.2 Å². The number of carbonyl (C=O) groups is 1. The van der Waals surface area contributed by atoms with Crippen molar-refractivity contribution < 1.29 is 9.53 Å². The van der Waals surface area contributed by atoms with Crippen molar-refractivity contribution >= 4 is 22.4 Å². The first kappa shape index (κ1) is 19.1. The number of hydrogen-bond donors (Lipinski definition) is 1. The van der Waals surface area contributed by atoms with Crippen LogP contribution in [0, 0.1) is 27.7 Å². The maximum absolute atomic E-state index is 12.5. The number of aromatic nitrogens is 1. The summed E-state index contributed by atoms with van der Waals surface area (Å²) >= 11 is 1.44. The number of ether oxygens (including phenoxy) is 1. The topological polar surface area (TPSA) is 51.2 Å². The van der Waals surface area contributed by atoms with E-state index in [0.29, 0.717) is 5.13 Å². The van der Waals surface area contributed by atoms with Gasteiger partial charge in [0.05, 0.1) is 19.2 Å². The predicted octanol–water partition coefficient (Wildman–Crippen LogP) is 5.23. The number of aryl methyl sites for hydroxylation is 4. The van der Waals surface area contributed by atoms with Crippen molar-refractivity contribution in [2.45, 2.75) is 34.1 Å². The zero-order valence-corrected chi connectivity index (χ0v) is 17.2. The molecule has 1 aromatic heterocycles. The summed E-state index contributed by atoms with van der Waals surface area (Å²) in [7, 11) is 1.62. The van der Waals surface area contributed by atoms with Crippen molar-refractivity contribution in [3.8, 4) is 17.0 Å². The number of benzene rings is 2. The van der Waals surface area contributed by atoms with E-state index in [1.54, 1.807) is 7.11 Å². The number of carbonyl (C=O) groups excluding carboxylic acids is 1. The van der Waals surface area contributed by atoms with Crippen LogP contribution in [0.2, 0.25) is 0 Å². The number of hydrogen-bond acceptors (Lipinski definition) is 4. The van der Waals surface area contributed by atoms with Gasteiger partial charge in [-0.05, 0) is 44.9 Å². The van der Waals surface area contributed by atoms with Crippen molar-refractivity contribution in [1.82, 2.24) is 4.98 Å². The molecule has 0 radical (unpaired) electrons. The van der Waals surface area contributed by atoms with Crippen molar-refractivity contribution in [3.05, 3.63) is 63.5 Å². The van der Waals surface area contributed by atoms with E-state index < -0.39 is 0 Å². The van der Waals surface area contributed by atoms with Crippen LogP contribution in [0.4, 0.5) is 5.13 Å². The first-order chi connectivity index (χ1) is 12.9. The number of nitrogens with zero attached hydrogens (tertiary/aromatic N) is 1. The molecule has 27 heavy (non-hydrogen) atoms. The van der Waals surface area contributed by atoms with Gasteiger partial charge in [0.1, 0.15) is 5.75 Å². The minimum absolute atomic E-state index is 0.0999. The molecule has 0 aliphatic rings. The normalized spacial score (nSPS) is 10.7. The van der Waals surface area contributed by atoms with Gasteiger partial charge in [0.25, 0.3) is 0 Å². The average Bonchev–Trinajstić information content (AvgIpc) is 3.02. The summed E-state index contributed by atoms with van der Waals surface area (Å²) in [5.74, 6) is 0.624. The summed E-state index contributed by atoms with van der Waals surface area (Å²) in [6.45, 7) is 8.28. The Balaban J connectivity index is 1.77. The van der Waals surface area contributed by atoms with Crippen molar-refractivity contribution in [3.63, 3.8) is 0 Å². The Kier molecular flexibility index (Phi) is 5.61. The summed E-state index contributed by atoms with van der Waals surface area (Å²) in [5, 5.41) is 5.52. The first-order valence-electron chi connectivity index (χ1n) is 8.84. The van der Waals surface area contributed by atoms with Gasteiger partial charge in [-0.3, -0.25) is 4.79 Å². The van der Waals surface area contributed by atoms with Crippen LogP contribution in [0.15, 0.2) is 35.7 Å². The zero-order valence-electron chi connectivity index (χ0n) is 16.3. The number of amides is 1. The molecule has 5 heteroatoms. The monoisotopic (exact) mass is 380 g/mol. The van der Waals surface area contributed by atoms with Gasteiger partial charge in [-0.2, -0.15) is 0 Å². The quantitative estimate of drug-likeness (QED) is 0.659. The molecule has 0 aliphatic carbocycles. The molecule has 0 atom stereocenters. The molecular weight excluding hydrogens is 356 g/mol. The lowest BCUT2D eigenvalue weighted by atomic mass is 9.98. The van der Waals surface area contributed by atoms with Gasteiger partial charge in [-0.1, -0.05) is 35.4 Å². The van der Waals surface area contributed by atoms with E-state index in [4.69, 9.17) is 4.74 Å². The number of rotatable bonds is 5. The van der Waals surface area contributed by atoms with Gasteiger partial charge in [0.15, 0.2) is 5.13 Å². The fourth-order valence-corrected chi connectivity index (χ4v) is 4.13. The number of methoxy groups -OCH3 is 1. The Morgan fingerprint density at radius 1 is 1.07 bits per heavy atom. The van der Waals surface area contributed by atoms with Gasteiger partial charge in [-0.15, -0.1) is 11.3 Å². The molecule has 4 nitrogen and oxygen atoms in total. The molecule has 0 aliphatic heterocycles. The van der Waals surface area contributed by atoms with Crippen LogP contribution in [0.25, 0.3) is 11.3 Å². The summed E-state index contributed by atoms with van der Waals surface area (Å²) in [6.07, 6.45) is 0.252. The molecule has 3 rings (SSSR count). The molecular formula is C22H24N2O2S. The fourth-order valence-electron chi connectivity index (χ4n) is 3.41. The fraction of sp³-hybridized carbons (Fsp3) is 0.273. The number of thiazole rings is 1. The smallest absolute Gasteiger partial charge is 0.230 e. The molecule has 140 valence electrons. The van der Waals surface area contributed by atoms with E-state index in [9.17, 15) is 4.79 Å². The average molecular weight is 381 g/mol. The lowest BCUT2D eigenvalue weighted by Crippen LogP contribution is -2.15. The molecule has 0 unspecified atom stereocenters. The second-order valence-electron chi connectivity index (χ2n) is 6.85. The van der Waals surface area contributed by atoms with Crippen LogP contribution in [0.1, 0.15) is 27.8 Å². The Bertz CT molecular complexity index is 969. The third-order valence-electron chi connectivity index (χ3n) is 4.47. The molecule has 0 spiro atoms. The Labute approximate surface area is 164 Å². The second-order valence-corrected chi connectivity index (χ2v) is 7.71. The highest BCUT2D eigenvalue weighted by Gasteiger charge is 2.14. The Morgan fingerprint density at radius 2 is 1.78 bits per heavy atom. The van der Waals surface area contributed by atoms with E-state index in [-0.39, 0.29) is 12.3 Å². The highest BCUT2D eigenvalue weighted by molar-refractivity contribution is 7.14. The lowest BCUT2D eigenvalue weighted by Gasteiger charge is -2.09.